The maximum absolute atomic E-state index is 13.2. The summed E-state index contributed by atoms with van der Waals surface area (Å²) in [4.78, 5) is 0. The Morgan fingerprint density at radius 2 is 1.95 bits per heavy atom. The molecular formula is C15H14BrClFNO2. The summed E-state index contributed by atoms with van der Waals surface area (Å²) in [6, 6.07) is 8.07. The summed E-state index contributed by atoms with van der Waals surface area (Å²) in [6.45, 7) is 0.432. The highest BCUT2D eigenvalue weighted by Gasteiger charge is 2.13. The molecular weight excluding hydrogens is 361 g/mol. The molecule has 0 amide bonds. The minimum atomic E-state index is -0.306. The Morgan fingerprint density at radius 3 is 2.62 bits per heavy atom. The zero-order chi connectivity index (χ0) is 15.4. The van der Waals surface area contributed by atoms with E-state index in [0.29, 0.717) is 28.8 Å². The van der Waals surface area contributed by atoms with E-state index in [0.717, 1.165) is 10.0 Å². The second kappa shape index (κ2) is 7.00. The topological polar surface area (TPSA) is 30.5 Å². The molecule has 2 aromatic carbocycles. The van der Waals surface area contributed by atoms with Crippen LogP contribution in [-0.2, 0) is 6.54 Å². The number of hydrogen-bond donors (Lipinski definition) is 1. The van der Waals surface area contributed by atoms with Crippen molar-refractivity contribution in [3.05, 3.63) is 51.2 Å². The lowest BCUT2D eigenvalue weighted by Gasteiger charge is -2.14. The van der Waals surface area contributed by atoms with Crippen molar-refractivity contribution in [3.63, 3.8) is 0 Å². The first-order chi connectivity index (χ1) is 10.1. The van der Waals surface area contributed by atoms with E-state index in [1.54, 1.807) is 19.2 Å². The Kier molecular flexibility index (Phi) is 5.31. The molecule has 0 spiro atoms. The van der Waals surface area contributed by atoms with E-state index in [2.05, 4.69) is 21.2 Å². The molecule has 0 heterocycles. The van der Waals surface area contributed by atoms with Gasteiger partial charge in [0.05, 0.1) is 24.9 Å². The lowest BCUT2D eigenvalue weighted by atomic mass is 10.2. The third-order valence-corrected chi connectivity index (χ3v) is 4.07. The molecule has 0 atom stereocenters. The van der Waals surface area contributed by atoms with Crippen LogP contribution in [0.2, 0.25) is 5.02 Å². The number of halogens is 3. The van der Waals surface area contributed by atoms with Gasteiger partial charge < -0.3 is 14.8 Å². The molecule has 2 aromatic rings. The molecule has 0 aliphatic carbocycles. The van der Waals surface area contributed by atoms with Gasteiger partial charge in [-0.1, -0.05) is 17.7 Å². The van der Waals surface area contributed by atoms with Crippen LogP contribution in [0.1, 0.15) is 5.56 Å². The molecule has 2 rings (SSSR count). The number of methoxy groups -OCH3 is 2. The summed E-state index contributed by atoms with van der Waals surface area (Å²) >= 11 is 9.67. The van der Waals surface area contributed by atoms with Crippen LogP contribution in [0.4, 0.5) is 10.1 Å². The van der Waals surface area contributed by atoms with Gasteiger partial charge >= 0.3 is 0 Å². The number of ether oxygens (including phenoxy) is 2. The van der Waals surface area contributed by atoms with Crippen LogP contribution in [0, 0.1) is 5.82 Å². The highest BCUT2D eigenvalue weighted by atomic mass is 79.9. The molecule has 112 valence electrons. The van der Waals surface area contributed by atoms with Crippen molar-refractivity contribution in [3.8, 4) is 11.5 Å². The number of benzene rings is 2. The van der Waals surface area contributed by atoms with Crippen LogP contribution in [0.3, 0.4) is 0 Å². The maximum atomic E-state index is 13.2. The van der Waals surface area contributed by atoms with E-state index in [1.807, 2.05) is 6.07 Å². The zero-order valence-corrected chi connectivity index (χ0v) is 13.9. The van der Waals surface area contributed by atoms with E-state index >= 15 is 0 Å². The summed E-state index contributed by atoms with van der Waals surface area (Å²) in [5, 5.41) is 3.60. The van der Waals surface area contributed by atoms with Crippen molar-refractivity contribution in [2.24, 2.45) is 0 Å². The molecule has 6 heteroatoms. The number of nitrogens with one attached hydrogen (secondary N) is 1. The van der Waals surface area contributed by atoms with E-state index in [9.17, 15) is 4.39 Å². The van der Waals surface area contributed by atoms with Crippen LogP contribution in [0.25, 0.3) is 0 Å². The summed E-state index contributed by atoms with van der Waals surface area (Å²) < 4.78 is 24.5. The predicted molar refractivity (Wildman–Crippen MR) is 86.0 cm³/mol. The Morgan fingerprint density at radius 1 is 1.19 bits per heavy atom. The second-order valence-electron chi connectivity index (χ2n) is 4.25. The molecule has 0 saturated carbocycles. The summed E-state index contributed by atoms with van der Waals surface area (Å²) in [7, 11) is 3.08. The second-order valence-corrected chi connectivity index (χ2v) is 5.48. The van der Waals surface area contributed by atoms with Crippen LogP contribution in [0.5, 0.6) is 11.5 Å². The Labute approximate surface area is 136 Å². The molecule has 0 bridgehead atoms. The van der Waals surface area contributed by atoms with E-state index < -0.39 is 0 Å². The van der Waals surface area contributed by atoms with Crippen molar-refractivity contribution in [1.29, 1.82) is 0 Å². The van der Waals surface area contributed by atoms with Crippen LogP contribution >= 0.6 is 27.5 Å². The van der Waals surface area contributed by atoms with Crippen LogP contribution < -0.4 is 14.8 Å². The van der Waals surface area contributed by atoms with Crippen molar-refractivity contribution < 1.29 is 13.9 Å². The average Bonchev–Trinajstić information content (AvgIpc) is 2.48. The van der Waals surface area contributed by atoms with Crippen molar-refractivity contribution >= 4 is 33.2 Å². The standard InChI is InChI=1S/C15H14BrClFNO2/c1-20-13-6-3-9(14(17)15(13)21-2)8-19-12-7-10(18)4-5-11(12)16/h3-7,19H,8H2,1-2H3. The van der Waals surface area contributed by atoms with Gasteiger partial charge in [0.1, 0.15) is 5.82 Å². The largest absolute Gasteiger partial charge is 0.493 e. The molecule has 21 heavy (non-hydrogen) atoms. The Bertz CT molecular complexity index is 652. The third-order valence-electron chi connectivity index (χ3n) is 2.96. The zero-order valence-electron chi connectivity index (χ0n) is 11.5. The highest BCUT2D eigenvalue weighted by molar-refractivity contribution is 9.10. The minimum Gasteiger partial charge on any atom is -0.493 e. The fourth-order valence-electron chi connectivity index (χ4n) is 1.89. The van der Waals surface area contributed by atoms with Gasteiger partial charge in [0.2, 0.25) is 0 Å². The quantitative estimate of drug-likeness (QED) is 0.810. The Hall–Kier alpha value is -1.46. The highest BCUT2D eigenvalue weighted by Crippen LogP contribution is 2.37. The van der Waals surface area contributed by atoms with E-state index in [-0.39, 0.29) is 5.82 Å². The van der Waals surface area contributed by atoms with Crippen molar-refractivity contribution in [1.82, 2.24) is 0 Å². The molecule has 0 aromatic heterocycles. The van der Waals surface area contributed by atoms with Gasteiger partial charge in [0, 0.05) is 11.0 Å². The van der Waals surface area contributed by atoms with Gasteiger partial charge in [-0.25, -0.2) is 4.39 Å². The maximum Gasteiger partial charge on any atom is 0.179 e. The lowest BCUT2D eigenvalue weighted by molar-refractivity contribution is 0.355. The van der Waals surface area contributed by atoms with Gasteiger partial charge in [-0.15, -0.1) is 0 Å². The monoisotopic (exact) mass is 373 g/mol. The summed E-state index contributed by atoms with van der Waals surface area (Å²) in [5.74, 6) is 0.745. The molecule has 0 fully saturated rings. The van der Waals surface area contributed by atoms with E-state index in [4.69, 9.17) is 21.1 Å². The summed E-state index contributed by atoms with van der Waals surface area (Å²) in [5.41, 5.74) is 1.48. The number of rotatable bonds is 5. The molecule has 0 radical (unpaired) electrons. The molecule has 0 saturated heterocycles. The normalized spacial score (nSPS) is 10.3. The summed E-state index contributed by atoms with van der Waals surface area (Å²) in [6.07, 6.45) is 0. The Balaban J connectivity index is 2.22. The first-order valence-electron chi connectivity index (χ1n) is 6.15. The van der Waals surface area contributed by atoms with Gasteiger partial charge in [0.25, 0.3) is 0 Å². The van der Waals surface area contributed by atoms with Crippen LogP contribution in [0.15, 0.2) is 34.8 Å². The predicted octanol–water partition coefficient (Wildman–Crippen LogP) is 4.87. The molecule has 0 unspecified atom stereocenters. The fourth-order valence-corrected chi connectivity index (χ4v) is 2.58. The first kappa shape index (κ1) is 15.9. The lowest BCUT2D eigenvalue weighted by Crippen LogP contribution is -2.03. The fraction of sp³-hybridized carbons (Fsp3) is 0.200. The van der Waals surface area contributed by atoms with Crippen molar-refractivity contribution in [2.75, 3.05) is 19.5 Å². The average molecular weight is 375 g/mol. The van der Waals surface area contributed by atoms with Crippen molar-refractivity contribution in [2.45, 2.75) is 6.54 Å². The number of hydrogen-bond acceptors (Lipinski definition) is 3. The first-order valence-corrected chi connectivity index (χ1v) is 7.32. The molecule has 1 N–H and O–H groups in total. The van der Waals surface area contributed by atoms with E-state index in [1.165, 1.54) is 19.2 Å². The minimum absolute atomic E-state index is 0.306. The molecule has 0 aliphatic heterocycles. The van der Waals surface area contributed by atoms with Gasteiger partial charge in [0.15, 0.2) is 11.5 Å². The molecule has 3 nitrogen and oxygen atoms in total. The smallest absolute Gasteiger partial charge is 0.179 e. The third kappa shape index (κ3) is 3.60. The number of anilines is 1. The molecule has 0 aliphatic rings. The van der Waals surface area contributed by atoms with Gasteiger partial charge in [-0.05, 0) is 45.8 Å². The van der Waals surface area contributed by atoms with Gasteiger partial charge in [-0.2, -0.15) is 0 Å². The van der Waals surface area contributed by atoms with Gasteiger partial charge in [-0.3, -0.25) is 0 Å². The SMILES string of the molecule is COc1ccc(CNc2cc(F)ccc2Br)c(Cl)c1OC. The van der Waals surface area contributed by atoms with Crippen LogP contribution in [-0.4, -0.2) is 14.2 Å².